The zero-order chi connectivity index (χ0) is 18.8. The van der Waals surface area contributed by atoms with E-state index in [4.69, 9.17) is 9.47 Å². The van der Waals surface area contributed by atoms with E-state index in [0.717, 1.165) is 11.1 Å². The lowest BCUT2D eigenvalue weighted by molar-refractivity contribution is -0.116. The lowest BCUT2D eigenvalue weighted by Crippen LogP contribution is -2.27. The third-order valence-electron chi connectivity index (χ3n) is 4.16. The molecule has 0 saturated heterocycles. The topological polar surface area (TPSA) is 82.5 Å². The third-order valence-corrected chi connectivity index (χ3v) is 4.16. The number of hydrogen-bond acceptors (Lipinski definition) is 5. The van der Waals surface area contributed by atoms with E-state index in [2.05, 4.69) is 10.3 Å². The van der Waals surface area contributed by atoms with Crippen molar-refractivity contribution in [1.29, 1.82) is 0 Å². The van der Waals surface area contributed by atoms with Crippen LogP contribution < -0.4 is 20.3 Å². The number of nitrogens with one attached hydrogen (secondary N) is 1. The Balaban J connectivity index is 1.50. The Bertz CT molecular complexity index is 1070. The van der Waals surface area contributed by atoms with Crippen LogP contribution in [0.3, 0.4) is 0 Å². The normalized spacial score (nSPS) is 12.0. The molecule has 4 rings (SSSR count). The van der Waals surface area contributed by atoms with Gasteiger partial charge < -0.3 is 14.8 Å². The van der Waals surface area contributed by atoms with Crippen LogP contribution in [0.25, 0.3) is 11.3 Å². The molecule has 0 aliphatic carbocycles. The number of rotatable bonds is 4. The Labute approximate surface area is 155 Å². The van der Waals surface area contributed by atoms with Crippen molar-refractivity contribution in [3.05, 3.63) is 70.8 Å². The second-order valence-electron chi connectivity index (χ2n) is 6.23. The molecule has 3 aromatic rings. The van der Waals surface area contributed by atoms with Gasteiger partial charge in [-0.15, -0.1) is 0 Å². The number of carbonyl (C=O) groups is 1. The average molecular weight is 363 g/mol. The zero-order valence-electron chi connectivity index (χ0n) is 14.6. The van der Waals surface area contributed by atoms with Gasteiger partial charge in [-0.25, -0.2) is 4.98 Å². The fraction of sp³-hybridized carbons (Fsp3) is 0.150. The van der Waals surface area contributed by atoms with Gasteiger partial charge in [0.05, 0.1) is 12.0 Å². The van der Waals surface area contributed by atoms with E-state index in [1.54, 1.807) is 18.2 Å². The van der Waals surface area contributed by atoms with E-state index in [1.165, 1.54) is 17.0 Å². The highest BCUT2D eigenvalue weighted by atomic mass is 16.7. The standard InChI is InChI=1S/C20H17N3O4/c1-13-3-2-4-15(7-13)22-19(24)10-23-11-21-16(9-20(23)25)14-5-6-17-18(8-14)27-12-26-17/h2-9,11H,10,12H2,1H3,(H,22,24). The second-order valence-corrected chi connectivity index (χ2v) is 6.23. The number of amides is 1. The molecule has 2 aromatic carbocycles. The van der Waals surface area contributed by atoms with Crippen molar-refractivity contribution in [3.8, 4) is 22.8 Å². The number of ether oxygens (including phenoxy) is 2. The highest BCUT2D eigenvalue weighted by Gasteiger charge is 2.15. The fourth-order valence-electron chi connectivity index (χ4n) is 2.84. The average Bonchev–Trinajstić information content (AvgIpc) is 3.11. The van der Waals surface area contributed by atoms with Crippen LogP contribution in [-0.4, -0.2) is 22.3 Å². The van der Waals surface area contributed by atoms with Crippen LogP contribution in [0, 0.1) is 6.92 Å². The molecule has 7 heteroatoms. The molecule has 1 amide bonds. The van der Waals surface area contributed by atoms with Gasteiger partial charge in [-0.3, -0.25) is 14.2 Å². The first-order valence-corrected chi connectivity index (χ1v) is 8.41. The van der Waals surface area contributed by atoms with Gasteiger partial charge in [0.25, 0.3) is 5.56 Å². The molecule has 0 spiro atoms. The van der Waals surface area contributed by atoms with Crippen LogP contribution in [0.1, 0.15) is 5.56 Å². The fourth-order valence-corrected chi connectivity index (χ4v) is 2.84. The molecule has 1 aliphatic heterocycles. The Hall–Kier alpha value is -3.61. The molecular weight excluding hydrogens is 346 g/mol. The van der Waals surface area contributed by atoms with Crippen molar-refractivity contribution in [2.24, 2.45) is 0 Å². The smallest absolute Gasteiger partial charge is 0.254 e. The summed E-state index contributed by atoms with van der Waals surface area (Å²) in [7, 11) is 0. The maximum absolute atomic E-state index is 12.4. The maximum atomic E-state index is 12.4. The molecule has 0 saturated carbocycles. The van der Waals surface area contributed by atoms with Gasteiger partial charge in [-0.2, -0.15) is 0 Å². The van der Waals surface area contributed by atoms with Crippen LogP contribution in [0.4, 0.5) is 5.69 Å². The molecule has 0 bridgehead atoms. The predicted molar refractivity (Wildman–Crippen MR) is 99.9 cm³/mol. The first kappa shape index (κ1) is 16.8. The number of carbonyl (C=O) groups excluding carboxylic acids is 1. The number of aromatic nitrogens is 2. The number of fused-ring (bicyclic) bond motifs is 1. The largest absolute Gasteiger partial charge is 0.454 e. The molecule has 0 unspecified atom stereocenters. The summed E-state index contributed by atoms with van der Waals surface area (Å²) in [5, 5.41) is 2.78. The van der Waals surface area contributed by atoms with Gasteiger partial charge in [-0.05, 0) is 42.8 Å². The summed E-state index contributed by atoms with van der Waals surface area (Å²) in [6, 6.07) is 14.2. The lowest BCUT2D eigenvalue weighted by atomic mass is 10.1. The first-order chi connectivity index (χ1) is 13.1. The van der Waals surface area contributed by atoms with Gasteiger partial charge in [0.1, 0.15) is 6.54 Å². The van der Waals surface area contributed by atoms with Crippen LogP contribution in [0.5, 0.6) is 11.5 Å². The lowest BCUT2D eigenvalue weighted by Gasteiger charge is -2.09. The summed E-state index contributed by atoms with van der Waals surface area (Å²) in [5.74, 6) is 0.997. The summed E-state index contributed by atoms with van der Waals surface area (Å²) >= 11 is 0. The Morgan fingerprint density at radius 3 is 2.81 bits per heavy atom. The van der Waals surface area contributed by atoms with Gasteiger partial charge >= 0.3 is 0 Å². The van der Waals surface area contributed by atoms with Crippen molar-refractivity contribution in [1.82, 2.24) is 9.55 Å². The number of nitrogens with zero attached hydrogens (tertiary/aromatic N) is 2. The minimum atomic E-state index is -0.308. The summed E-state index contributed by atoms with van der Waals surface area (Å²) in [6.07, 6.45) is 1.37. The molecule has 2 heterocycles. The molecule has 7 nitrogen and oxygen atoms in total. The highest BCUT2D eigenvalue weighted by molar-refractivity contribution is 5.90. The quantitative estimate of drug-likeness (QED) is 0.770. The molecule has 0 fully saturated rings. The van der Waals surface area contributed by atoms with Crippen molar-refractivity contribution in [2.75, 3.05) is 12.1 Å². The SMILES string of the molecule is Cc1cccc(NC(=O)Cn2cnc(-c3ccc4c(c3)OCO4)cc2=O)c1. The van der Waals surface area contributed by atoms with Crippen molar-refractivity contribution in [3.63, 3.8) is 0 Å². The van der Waals surface area contributed by atoms with Gasteiger partial charge in [0.2, 0.25) is 12.7 Å². The van der Waals surface area contributed by atoms with E-state index in [1.807, 2.05) is 31.2 Å². The molecule has 136 valence electrons. The molecule has 1 aliphatic rings. The third kappa shape index (κ3) is 3.67. The van der Waals surface area contributed by atoms with E-state index in [9.17, 15) is 9.59 Å². The van der Waals surface area contributed by atoms with Crippen LogP contribution in [0.15, 0.2) is 59.7 Å². The number of anilines is 1. The Morgan fingerprint density at radius 1 is 1.15 bits per heavy atom. The van der Waals surface area contributed by atoms with E-state index >= 15 is 0 Å². The number of aryl methyl sites for hydroxylation is 1. The molecule has 1 N–H and O–H groups in total. The van der Waals surface area contributed by atoms with Gasteiger partial charge in [0.15, 0.2) is 11.5 Å². The van der Waals surface area contributed by atoms with E-state index in [-0.39, 0.29) is 24.8 Å². The minimum absolute atomic E-state index is 0.110. The summed E-state index contributed by atoms with van der Waals surface area (Å²) in [5.41, 5.74) is 2.68. The van der Waals surface area contributed by atoms with Gasteiger partial charge in [0, 0.05) is 17.3 Å². The monoisotopic (exact) mass is 363 g/mol. The highest BCUT2D eigenvalue weighted by Crippen LogP contribution is 2.35. The molecule has 0 atom stereocenters. The first-order valence-electron chi connectivity index (χ1n) is 8.41. The summed E-state index contributed by atoms with van der Waals surface area (Å²) < 4.78 is 11.9. The summed E-state index contributed by atoms with van der Waals surface area (Å²) in [6.45, 7) is 2.02. The van der Waals surface area contributed by atoms with Crippen LogP contribution in [0.2, 0.25) is 0 Å². The Morgan fingerprint density at radius 2 is 2.00 bits per heavy atom. The summed E-state index contributed by atoms with van der Waals surface area (Å²) in [4.78, 5) is 28.9. The van der Waals surface area contributed by atoms with E-state index in [0.29, 0.717) is 22.9 Å². The molecule has 0 radical (unpaired) electrons. The van der Waals surface area contributed by atoms with Gasteiger partial charge in [-0.1, -0.05) is 12.1 Å². The maximum Gasteiger partial charge on any atom is 0.254 e. The van der Waals surface area contributed by atoms with Crippen molar-refractivity contribution >= 4 is 11.6 Å². The second kappa shape index (κ2) is 6.95. The molecule has 27 heavy (non-hydrogen) atoms. The van der Waals surface area contributed by atoms with Crippen molar-refractivity contribution < 1.29 is 14.3 Å². The molecular formula is C20H17N3O4. The van der Waals surface area contributed by atoms with Crippen LogP contribution in [-0.2, 0) is 11.3 Å². The minimum Gasteiger partial charge on any atom is -0.454 e. The van der Waals surface area contributed by atoms with E-state index < -0.39 is 0 Å². The number of benzene rings is 2. The predicted octanol–water partition coefficient (Wildman–Crippen LogP) is 2.59. The zero-order valence-corrected chi connectivity index (χ0v) is 14.6. The Kier molecular flexibility index (Phi) is 4.33. The molecule has 1 aromatic heterocycles. The van der Waals surface area contributed by atoms with Crippen molar-refractivity contribution in [2.45, 2.75) is 13.5 Å². The van der Waals surface area contributed by atoms with Crippen LogP contribution >= 0.6 is 0 Å². The number of hydrogen-bond donors (Lipinski definition) is 1.